The number of esters is 4. The van der Waals surface area contributed by atoms with Crippen molar-refractivity contribution in [2.75, 3.05) is 26.7 Å². The summed E-state index contributed by atoms with van der Waals surface area (Å²) in [7, 11) is 1.80. The molecule has 0 radical (unpaired) electrons. The summed E-state index contributed by atoms with van der Waals surface area (Å²) in [6.45, 7) is 8.70. The highest BCUT2D eigenvalue weighted by Gasteiger charge is 2.39. The van der Waals surface area contributed by atoms with E-state index in [1.54, 1.807) is 13.1 Å². The molecule has 0 N–H and O–H groups in total. The van der Waals surface area contributed by atoms with Crippen molar-refractivity contribution in [2.45, 2.75) is 66.4 Å². The SMILES string of the molecule is CC(=O)OC[C@@H](OC(C)=O)[C@@H](OC(C)=O)[C@H](Cn1c(=O)c(C2=NCCN2C)nc2cc(C)c(C)cc21)OC(C)=O. The Kier molecular flexibility index (Phi) is 9.61. The number of carbonyl (C=O) groups excluding carboxylic acids is 4. The summed E-state index contributed by atoms with van der Waals surface area (Å²) >= 11 is 0. The van der Waals surface area contributed by atoms with Crippen LogP contribution in [0.25, 0.3) is 11.0 Å². The summed E-state index contributed by atoms with van der Waals surface area (Å²) in [4.78, 5) is 72.7. The van der Waals surface area contributed by atoms with Crippen LogP contribution < -0.4 is 5.56 Å². The molecule has 3 atom stereocenters. The van der Waals surface area contributed by atoms with Crippen LogP contribution in [-0.2, 0) is 44.7 Å². The summed E-state index contributed by atoms with van der Waals surface area (Å²) in [6, 6.07) is 3.63. The first-order valence-electron chi connectivity index (χ1n) is 12.7. The topological polar surface area (TPSA) is 156 Å². The predicted molar refractivity (Wildman–Crippen MR) is 143 cm³/mol. The average Bonchev–Trinajstić information content (AvgIpc) is 3.27. The third kappa shape index (κ3) is 7.21. The maximum atomic E-state index is 13.9. The molecule has 0 saturated heterocycles. The van der Waals surface area contributed by atoms with Crippen molar-refractivity contribution in [3.63, 3.8) is 0 Å². The van der Waals surface area contributed by atoms with Gasteiger partial charge in [-0.1, -0.05) is 0 Å². The van der Waals surface area contributed by atoms with Gasteiger partial charge >= 0.3 is 23.9 Å². The van der Waals surface area contributed by atoms with Crippen molar-refractivity contribution < 1.29 is 38.1 Å². The number of hydrogen-bond donors (Lipinski definition) is 0. The number of aryl methyl sites for hydroxylation is 2. The zero-order valence-corrected chi connectivity index (χ0v) is 23.7. The monoisotopic (exact) mass is 558 g/mol. The number of hydrogen-bond acceptors (Lipinski definition) is 12. The molecule has 0 unspecified atom stereocenters. The maximum Gasteiger partial charge on any atom is 0.303 e. The van der Waals surface area contributed by atoms with Gasteiger partial charge in [0, 0.05) is 41.3 Å². The van der Waals surface area contributed by atoms with Crippen LogP contribution in [0, 0.1) is 13.8 Å². The minimum absolute atomic E-state index is 0.109. The van der Waals surface area contributed by atoms with E-state index in [-0.39, 0.29) is 12.2 Å². The molecule has 0 spiro atoms. The van der Waals surface area contributed by atoms with E-state index in [4.69, 9.17) is 18.9 Å². The van der Waals surface area contributed by atoms with Gasteiger partial charge in [0.15, 0.2) is 29.8 Å². The molecule has 2 aromatic rings. The van der Waals surface area contributed by atoms with E-state index in [2.05, 4.69) is 9.98 Å². The predicted octanol–water partition coefficient (Wildman–Crippen LogP) is 1.06. The lowest BCUT2D eigenvalue weighted by Crippen LogP contribution is -2.50. The zero-order chi connectivity index (χ0) is 29.7. The minimum atomic E-state index is -1.43. The fraction of sp³-hybridized carbons (Fsp3) is 0.519. The summed E-state index contributed by atoms with van der Waals surface area (Å²) in [5.74, 6) is -2.51. The Bertz CT molecular complexity index is 1410. The number of likely N-dealkylation sites (N-methyl/N-ethyl adjacent to an activating group) is 1. The summed E-state index contributed by atoms with van der Waals surface area (Å²) < 4.78 is 22.8. The summed E-state index contributed by atoms with van der Waals surface area (Å²) in [5, 5.41) is 0. The Balaban J connectivity index is 2.23. The maximum absolute atomic E-state index is 13.9. The normalized spacial score (nSPS) is 15.2. The number of rotatable bonds is 10. The summed E-state index contributed by atoms with van der Waals surface area (Å²) in [5.41, 5.74) is 2.38. The molecule has 216 valence electrons. The van der Waals surface area contributed by atoms with Crippen LogP contribution in [0.15, 0.2) is 21.9 Å². The smallest absolute Gasteiger partial charge is 0.303 e. The van der Waals surface area contributed by atoms with Gasteiger partial charge in [-0.05, 0) is 37.1 Å². The zero-order valence-electron chi connectivity index (χ0n) is 23.7. The minimum Gasteiger partial charge on any atom is -0.462 e. The van der Waals surface area contributed by atoms with Crippen molar-refractivity contribution >= 4 is 40.7 Å². The first-order chi connectivity index (χ1) is 18.8. The Hall–Kier alpha value is -4.29. The van der Waals surface area contributed by atoms with Crippen molar-refractivity contribution in [2.24, 2.45) is 4.99 Å². The van der Waals surface area contributed by atoms with Crippen LogP contribution in [0.1, 0.15) is 44.5 Å². The fourth-order valence-electron chi connectivity index (χ4n) is 4.40. The second-order valence-corrected chi connectivity index (χ2v) is 9.60. The van der Waals surface area contributed by atoms with E-state index in [0.717, 1.165) is 38.8 Å². The van der Waals surface area contributed by atoms with Gasteiger partial charge in [-0.2, -0.15) is 0 Å². The van der Waals surface area contributed by atoms with Gasteiger partial charge < -0.3 is 28.4 Å². The van der Waals surface area contributed by atoms with Crippen molar-refractivity contribution in [1.82, 2.24) is 14.5 Å². The van der Waals surface area contributed by atoms with Gasteiger partial charge in [-0.15, -0.1) is 0 Å². The molecule has 1 aliphatic heterocycles. The van der Waals surface area contributed by atoms with E-state index >= 15 is 0 Å². The summed E-state index contributed by atoms with van der Waals surface area (Å²) in [6.07, 6.45) is -4.10. The lowest BCUT2D eigenvalue weighted by atomic mass is 10.1. The third-order valence-corrected chi connectivity index (χ3v) is 6.31. The molecule has 0 aliphatic carbocycles. The van der Waals surface area contributed by atoms with Crippen LogP contribution in [-0.4, -0.2) is 89.2 Å². The molecule has 1 aromatic heterocycles. The number of aliphatic imine (C=N–C) groups is 1. The second-order valence-electron chi connectivity index (χ2n) is 9.60. The molecule has 13 heteroatoms. The van der Waals surface area contributed by atoms with Crippen LogP contribution in [0.4, 0.5) is 0 Å². The first kappa shape index (κ1) is 30.3. The molecule has 2 heterocycles. The third-order valence-electron chi connectivity index (χ3n) is 6.31. The highest BCUT2D eigenvalue weighted by molar-refractivity contribution is 5.99. The Labute approximate surface area is 231 Å². The molecular formula is C27H34N4O9. The number of carbonyl (C=O) groups is 4. The van der Waals surface area contributed by atoms with Crippen LogP contribution in [0.2, 0.25) is 0 Å². The highest BCUT2D eigenvalue weighted by Crippen LogP contribution is 2.22. The van der Waals surface area contributed by atoms with E-state index in [0.29, 0.717) is 30.0 Å². The molecular weight excluding hydrogens is 524 g/mol. The largest absolute Gasteiger partial charge is 0.462 e. The van der Waals surface area contributed by atoms with Crippen LogP contribution in [0.5, 0.6) is 0 Å². The average molecular weight is 559 g/mol. The van der Waals surface area contributed by atoms with Gasteiger partial charge in [-0.3, -0.25) is 29.0 Å². The Morgan fingerprint density at radius 1 is 0.900 bits per heavy atom. The molecule has 13 nitrogen and oxygen atoms in total. The Morgan fingerprint density at radius 2 is 1.50 bits per heavy atom. The number of ether oxygens (including phenoxy) is 4. The van der Waals surface area contributed by atoms with Crippen molar-refractivity contribution in [1.29, 1.82) is 0 Å². The first-order valence-corrected chi connectivity index (χ1v) is 12.7. The fourth-order valence-corrected chi connectivity index (χ4v) is 4.40. The number of nitrogens with zero attached hydrogens (tertiary/aromatic N) is 4. The molecule has 40 heavy (non-hydrogen) atoms. The van der Waals surface area contributed by atoms with E-state index in [1.165, 1.54) is 4.57 Å². The molecule has 0 fully saturated rings. The van der Waals surface area contributed by atoms with E-state index in [9.17, 15) is 24.0 Å². The van der Waals surface area contributed by atoms with E-state index < -0.39 is 54.4 Å². The highest BCUT2D eigenvalue weighted by atomic mass is 16.6. The van der Waals surface area contributed by atoms with Gasteiger partial charge in [0.1, 0.15) is 6.61 Å². The molecule has 1 aromatic carbocycles. The molecule has 1 aliphatic rings. The van der Waals surface area contributed by atoms with Crippen LogP contribution >= 0.6 is 0 Å². The van der Waals surface area contributed by atoms with E-state index in [1.807, 2.05) is 24.8 Å². The molecule has 0 amide bonds. The lowest BCUT2D eigenvalue weighted by Gasteiger charge is -2.32. The van der Waals surface area contributed by atoms with Crippen LogP contribution in [0.3, 0.4) is 0 Å². The van der Waals surface area contributed by atoms with Gasteiger partial charge in [0.05, 0.1) is 24.1 Å². The lowest BCUT2D eigenvalue weighted by molar-refractivity contribution is -0.190. The number of aromatic nitrogens is 2. The van der Waals surface area contributed by atoms with Crippen molar-refractivity contribution in [3.05, 3.63) is 39.3 Å². The number of amidine groups is 1. The van der Waals surface area contributed by atoms with Crippen molar-refractivity contribution in [3.8, 4) is 0 Å². The molecule has 3 rings (SSSR count). The molecule has 0 bridgehead atoms. The second kappa shape index (κ2) is 12.7. The molecule has 0 saturated carbocycles. The van der Waals surface area contributed by atoms with Gasteiger partial charge in [-0.25, -0.2) is 4.98 Å². The number of benzene rings is 1. The number of fused-ring (bicyclic) bond motifs is 1. The quantitative estimate of drug-likeness (QED) is 0.304. The standard InChI is InChI=1S/C27H34N4O9/c1-14-10-20-21(11-15(14)2)31(27(36)24(29-20)26-28-8-9-30(26)7)12-22(38-17(4)33)25(40-19(6)35)23(39-18(5)34)13-37-16(3)32/h10-11,22-23,25H,8-9,12-13H2,1-7H3/t22-,23+,25-/m0/s1. The van der Waals surface area contributed by atoms with Gasteiger partial charge in [0.25, 0.3) is 5.56 Å². The Morgan fingerprint density at radius 3 is 2.05 bits per heavy atom. The van der Waals surface area contributed by atoms with Gasteiger partial charge in [0.2, 0.25) is 0 Å².